The molecule has 0 aliphatic rings. The normalized spacial score (nSPS) is 10.0. The molecule has 2 aromatic heterocycles. The number of nitrogens with zero attached hydrogens (tertiary/aromatic N) is 3. The predicted molar refractivity (Wildman–Crippen MR) is 77.6 cm³/mol. The number of nitro groups is 1. The summed E-state index contributed by atoms with van der Waals surface area (Å²) >= 11 is 5.88. The van der Waals surface area contributed by atoms with Gasteiger partial charge in [-0.05, 0) is 12.1 Å². The van der Waals surface area contributed by atoms with Crippen LogP contribution in [0.1, 0.15) is 10.4 Å². The minimum Gasteiger partial charge on any atom is -0.373 e. The van der Waals surface area contributed by atoms with Crippen LogP contribution in [0.5, 0.6) is 0 Å². The third-order valence-corrected chi connectivity index (χ3v) is 2.88. The van der Waals surface area contributed by atoms with Gasteiger partial charge in [-0.3, -0.25) is 14.9 Å². The van der Waals surface area contributed by atoms with E-state index in [-0.39, 0.29) is 16.4 Å². The molecular formula is C12H10ClN5O3. The molecule has 0 saturated heterocycles. The molecule has 0 spiro atoms. The second kappa shape index (κ2) is 6.14. The Hall–Kier alpha value is -2.74. The fourth-order valence-electron chi connectivity index (χ4n) is 1.56. The van der Waals surface area contributed by atoms with Gasteiger partial charge in [-0.1, -0.05) is 11.6 Å². The van der Waals surface area contributed by atoms with Gasteiger partial charge in [0.25, 0.3) is 11.6 Å². The number of nitrogens with one attached hydrogen (secondary N) is 2. The van der Waals surface area contributed by atoms with E-state index in [2.05, 4.69) is 20.6 Å². The van der Waals surface area contributed by atoms with Crippen LogP contribution in [-0.4, -0.2) is 27.8 Å². The summed E-state index contributed by atoms with van der Waals surface area (Å²) in [5, 5.41) is 16.3. The van der Waals surface area contributed by atoms with Crippen LogP contribution in [-0.2, 0) is 0 Å². The first kappa shape index (κ1) is 14.7. The molecule has 2 heterocycles. The zero-order valence-electron chi connectivity index (χ0n) is 10.8. The molecule has 0 aromatic carbocycles. The number of rotatable bonds is 4. The van der Waals surface area contributed by atoms with E-state index in [9.17, 15) is 14.9 Å². The van der Waals surface area contributed by atoms with E-state index in [1.807, 2.05) is 0 Å². The Balaban J connectivity index is 2.38. The summed E-state index contributed by atoms with van der Waals surface area (Å²) in [6.07, 6.45) is 2.46. The standard InChI is InChI=1S/C12H10ClN5O3/c1-14-10-5-7(9(6-16-10)18(20)21)12(19)17-11-8(13)3-2-4-15-11/h2-6H,1H3,(H,14,16)(H,15,17,19). The molecule has 0 bridgehead atoms. The van der Waals surface area contributed by atoms with Crippen LogP contribution in [0.2, 0.25) is 5.02 Å². The Labute approximate surface area is 124 Å². The molecule has 0 radical (unpaired) electrons. The van der Waals surface area contributed by atoms with Crippen LogP contribution in [0.25, 0.3) is 0 Å². The molecule has 8 nitrogen and oxygen atoms in total. The summed E-state index contributed by atoms with van der Waals surface area (Å²) in [7, 11) is 1.59. The number of anilines is 2. The highest BCUT2D eigenvalue weighted by atomic mass is 35.5. The quantitative estimate of drug-likeness (QED) is 0.662. The number of aromatic nitrogens is 2. The van der Waals surface area contributed by atoms with Crippen LogP contribution in [0.15, 0.2) is 30.6 Å². The first-order chi connectivity index (χ1) is 10.0. The molecule has 0 aliphatic carbocycles. The number of hydrogen-bond acceptors (Lipinski definition) is 6. The largest absolute Gasteiger partial charge is 0.373 e. The summed E-state index contributed by atoms with van der Waals surface area (Å²) in [6.45, 7) is 0. The van der Waals surface area contributed by atoms with Crippen molar-refractivity contribution < 1.29 is 9.72 Å². The van der Waals surface area contributed by atoms with Crippen molar-refractivity contribution in [2.75, 3.05) is 17.7 Å². The average Bonchev–Trinajstić information content (AvgIpc) is 2.48. The molecule has 108 valence electrons. The van der Waals surface area contributed by atoms with Gasteiger partial charge >= 0.3 is 0 Å². The Morgan fingerprint density at radius 3 is 2.81 bits per heavy atom. The lowest BCUT2D eigenvalue weighted by Gasteiger charge is -2.07. The Morgan fingerprint density at radius 1 is 1.43 bits per heavy atom. The van der Waals surface area contributed by atoms with Gasteiger partial charge in [0.05, 0.1) is 9.95 Å². The van der Waals surface area contributed by atoms with E-state index in [4.69, 9.17) is 11.6 Å². The fraction of sp³-hybridized carbons (Fsp3) is 0.0833. The van der Waals surface area contributed by atoms with Crippen LogP contribution < -0.4 is 10.6 Å². The minimum absolute atomic E-state index is 0.126. The van der Waals surface area contributed by atoms with Crippen molar-refractivity contribution in [1.82, 2.24) is 9.97 Å². The van der Waals surface area contributed by atoms with Crippen molar-refractivity contribution in [3.8, 4) is 0 Å². The van der Waals surface area contributed by atoms with Gasteiger partial charge in [-0.15, -0.1) is 0 Å². The van der Waals surface area contributed by atoms with Crippen molar-refractivity contribution in [3.05, 3.63) is 51.3 Å². The van der Waals surface area contributed by atoms with Gasteiger partial charge < -0.3 is 10.6 Å². The molecule has 0 fully saturated rings. The fourth-order valence-corrected chi connectivity index (χ4v) is 1.73. The van der Waals surface area contributed by atoms with Crippen molar-refractivity contribution >= 4 is 34.8 Å². The van der Waals surface area contributed by atoms with Gasteiger partial charge in [0.2, 0.25) is 0 Å². The topological polar surface area (TPSA) is 110 Å². The number of carbonyl (C=O) groups excluding carboxylic acids is 1. The third kappa shape index (κ3) is 3.23. The van der Waals surface area contributed by atoms with E-state index in [0.717, 1.165) is 6.20 Å². The Bertz CT molecular complexity index is 707. The van der Waals surface area contributed by atoms with Crippen LogP contribution >= 0.6 is 11.6 Å². The molecule has 2 rings (SSSR count). The molecule has 21 heavy (non-hydrogen) atoms. The maximum atomic E-state index is 12.2. The van der Waals surface area contributed by atoms with Gasteiger partial charge in [0.1, 0.15) is 17.6 Å². The van der Waals surface area contributed by atoms with Crippen molar-refractivity contribution in [1.29, 1.82) is 0 Å². The van der Waals surface area contributed by atoms with Crippen molar-refractivity contribution in [2.24, 2.45) is 0 Å². The number of hydrogen-bond donors (Lipinski definition) is 2. The zero-order valence-corrected chi connectivity index (χ0v) is 11.6. The smallest absolute Gasteiger partial charge is 0.300 e. The highest BCUT2D eigenvalue weighted by Crippen LogP contribution is 2.23. The van der Waals surface area contributed by atoms with Crippen LogP contribution in [0.4, 0.5) is 17.3 Å². The molecule has 0 atom stereocenters. The van der Waals surface area contributed by atoms with Crippen LogP contribution in [0.3, 0.4) is 0 Å². The number of pyridine rings is 2. The number of carbonyl (C=O) groups is 1. The lowest BCUT2D eigenvalue weighted by Crippen LogP contribution is -2.16. The second-order valence-corrected chi connectivity index (χ2v) is 4.29. The summed E-state index contributed by atoms with van der Waals surface area (Å²) in [5.74, 6) is -0.236. The molecule has 0 unspecified atom stereocenters. The van der Waals surface area contributed by atoms with Crippen LogP contribution in [0, 0.1) is 10.1 Å². The SMILES string of the molecule is CNc1cc(C(=O)Nc2ncccc2Cl)c([N+](=O)[O-])cn1. The Morgan fingerprint density at radius 2 is 2.19 bits per heavy atom. The minimum atomic E-state index is -0.693. The monoisotopic (exact) mass is 307 g/mol. The maximum Gasteiger partial charge on any atom is 0.300 e. The molecule has 0 saturated carbocycles. The molecule has 2 aromatic rings. The lowest BCUT2D eigenvalue weighted by molar-refractivity contribution is -0.385. The number of amides is 1. The lowest BCUT2D eigenvalue weighted by atomic mass is 10.2. The van der Waals surface area contributed by atoms with Gasteiger partial charge in [0.15, 0.2) is 5.82 Å². The molecule has 1 amide bonds. The van der Waals surface area contributed by atoms with Gasteiger partial charge in [0, 0.05) is 19.3 Å². The number of halogens is 1. The first-order valence-corrected chi connectivity index (χ1v) is 6.14. The maximum absolute atomic E-state index is 12.2. The Kier molecular flexibility index (Phi) is 4.29. The van der Waals surface area contributed by atoms with E-state index in [0.29, 0.717) is 5.82 Å². The van der Waals surface area contributed by atoms with Gasteiger partial charge in [-0.2, -0.15) is 0 Å². The predicted octanol–water partition coefficient (Wildman–Crippen LogP) is 2.33. The van der Waals surface area contributed by atoms with Gasteiger partial charge in [-0.25, -0.2) is 9.97 Å². The van der Waals surface area contributed by atoms with E-state index in [1.165, 1.54) is 12.3 Å². The summed E-state index contributed by atoms with van der Waals surface area (Å²) in [5.41, 5.74) is -0.542. The third-order valence-electron chi connectivity index (χ3n) is 2.57. The van der Waals surface area contributed by atoms with E-state index < -0.39 is 16.5 Å². The van der Waals surface area contributed by atoms with Crippen molar-refractivity contribution in [3.63, 3.8) is 0 Å². The molecule has 2 N–H and O–H groups in total. The summed E-state index contributed by atoms with van der Waals surface area (Å²) in [6, 6.07) is 4.43. The van der Waals surface area contributed by atoms with Crippen molar-refractivity contribution in [2.45, 2.75) is 0 Å². The zero-order chi connectivity index (χ0) is 15.4. The molecule has 9 heteroatoms. The molecular weight excluding hydrogens is 298 g/mol. The highest BCUT2D eigenvalue weighted by molar-refractivity contribution is 6.33. The summed E-state index contributed by atoms with van der Waals surface area (Å²) in [4.78, 5) is 30.2. The first-order valence-electron chi connectivity index (χ1n) is 5.77. The van der Waals surface area contributed by atoms with E-state index >= 15 is 0 Å². The van der Waals surface area contributed by atoms with E-state index in [1.54, 1.807) is 19.2 Å². The highest BCUT2D eigenvalue weighted by Gasteiger charge is 2.22. The second-order valence-electron chi connectivity index (χ2n) is 3.88. The summed E-state index contributed by atoms with van der Waals surface area (Å²) < 4.78 is 0. The molecule has 0 aliphatic heterocycles. The average molecular weight is 308 g/mol.